The molecule has 0 N–H and O–H groups in total. The van der Waals surface area contributed by atoms with Gasteiger partial charge in [-0.15, -0.1) is 0 Å². The molecule has 0 unspecified atom stereocenters. The molecule has 0 aliphatic carbocycles. The van der Waals surface area contributed by atoms with Gasteiger partial charge in [0.25, 0.3) is 0 Å². The van der Waals surface area contributed by atoms with E-state index in [2.05, 4.69) is 4.57 Å². The van der Waals surface area contributed by atoms with E-state index < -0.39 is 0 Å². The van der Waals surface area contributed by atoms with E-state index >= 15 is 0 Å². The summed E-state index contributed by atoms with van der Waals surface area (Å²) < 4.78 is 12.7. The van der Waals surface area contributed by atoms with Crippen LogP contribution in [-0.4, -0.2) is 11.7 Å². The van der Waals surface area contributed by atoms with E-state index in [1.807, 2.05) is 42.6 Å². The second kappa shape index (κ2) is 3.45. The van der Waals surface area contributed by atoms with Gasteiger partial charge in [-0.2, -0.15) is 0 Å². The van der Waals surface area contributed by atoms with Crippen molar-refractivity contribution in [3.8, 4) is 11.4 Å². The lowest BCUT2D eigenvalue weighted by Gasteiger charge is -2.09. The quantitative estimate of drug-likeness (QED) is 0.653. The second-order valence-electron chi connectivity index (χ2n) is 3.53. The van der Waals surface area contributed by atoms with E-state index in [4.69, 9.17) is 9.15 Å². The van der Waals surface area contributed by atoms with E-state index in [1.54, 1.807) is 13.4 Å². The normalized spacial score (nSPS) is 10.8. The number of para-hydroxylation sites is 2. The predicted octanol–water partition coefficient (Wildman–Crippen LogP) is 3.23. The van der Waals surface area contributed by atoms with Crippen LogP contribution in [0.25, 0.3) is 16.8 Å². The number of hydrogen-bond acceptors (Lipinski definition) is 2. The number of fused-ring (bicyclic) bond motifs is 1. The average Bonchev–Trinajstić information content (AvgIpc) is 2.91. The molecular formula is C13H11NO2. The number of aromatic nitrogens is 1. The van der Waals surface area contributed by atoms with Gasteiger partial charge in [0.1, 0.15) is 5.75 Å². The first-order chi connectivity index (χ1) is 7.90. The Morgan fingerprint density at radius 1 is 1.12 bits per heavy atom. The molecule has 0 radical (unpaired) electrons. The highest BCUT2D eigenvalue weighted by Crippen LogP contribution is 2.27. The van der Waals surface area contributed by atoms with E-state index in [-0.39, 0.29) is 0 Å². The molecule has 0 atom stereocenters. The van der Waals surface area contributed by atoms with Gasteiger partial charge in [-0.3, -0.25) is 0 Å². The average molecular weight is 213 g/mol. The molecule has 0 bridgehead atoms. The van der Waals surface area contributed by atoms with E-state index in [1.165, 1.54) is 0 Å². The Bertz CT molecular complexity index is 621. The fourth-order valence-corrected chi connectivity index (χ4v) is 1.90. The molecule has 0 amide bonds. The van der Waals surface area contributed by atoms with Crippen LogP contribution in [0.4, 0.5) is 0 Å². The SMILES string of the molecule is COc1ccccc1-n1ccc2occc21. The van der Waals surface area contributed by atoms with Gasteiger partial charge in [0.05, 0.1) is 24.6 Å². The van der Waals surface area contributed by atoms with Crippen molar-refractivity contribution in [3.63, 3.8) is 0 Å². The van der Waals surface area contributed by atoms with Crippen molar-refractivity contribution in [1.82, 2.24) is 4.57 Å². The summed E-state index contributed by atoms with van der Waals surface area (Å²) in [6.07, 6.45) is 3.67. The Hall–Kier alpha value is -2.16. The van der Waals surface area contributed by atoms with Gasteiger partial charge >= 0.3 is 0 Å². The molecule has 0 spiro atoms. The zero-order valence-electron chi connectivity index (χ0n) is 8.88. The molecule has 3 rings (SSSR count). The molecule has 80 valence electrons. The Morgan fingerprint density at radius 2 is 2.00 bits per heavy atom. The minimum Gasteiger partial charge on any atom is -0.495 e. The van der Waals surface area contributed by atoms with Crippen molar-refractivity contribution in [1.29, 1.82) is 0 Å². The summed E-state index contributed by atoms with van der Waals surface area (Å²) in [7, 11) is 1.68. The van der Waals surface area contributed by atoms with Crippen LogP contribution in [0.15, 0.2) is 53.3 Å². The van der Waals surface area contributed by atoms with E-state index in [9.17, 15) is 0 Å². The number of rotatable bonds is 2. The molecule has 0 saturated heterocycles. The molecule has 3 heteroatoms. The summed E-state index contributed by atoms with van der Waals surface area (Å²) in [6, 6.07) is 11.8. The van der Waals surface area contributed by atoms with Gasteiger partial charge in [0.15, 0.2) is 5.58 Å². The molecule has 0 aliphatic heterocycles. The van der Waals surface area contributed by atoms with Gasteiger partial charge in [0, 0.05) is 12.3 Å². The van der Waals surface area contributed by atoms with Crippen LogP contribution in [0.1, 0.15) is 0 Å². The minimum absolute atomic E-state index is 0.848. The molecule has 3 nitrogen and oxygen atoms in total. The standard InChI is InChI=1S/C13H11NO2/c1-15-12-5-3-2-4-10(12)14-8-6-13-11(14)7-9-16-13/h2-9H,1H3. The Labute approximate surface area is 92.9 Å². The first-order valence-electron chi connectivity index (χ1n) is 5.08. The van der Waals surface area contributed by atoms with Crippen LogP contribution in [0.5, 0.6) is 5.75 Å². The summed E-state index contributed by atoms with van der Waals surface area (Å²) in [5, 5.41) is 0. The molecule has 0 aliphatic rings. The van der Waals surface area contributed by atoms with Crippen LogP contribution >= 0.6 is 0 Å². The Balaban J connectivity index is 2.27. The maximum Gasteiger partial charge on any atom is 0.152 e. The van der Waals surface area contributed by atoms with Crippen molar-refractivity contribution >= 4 is 11.1 Å². The smallest absolute Gasteiger partial charge is 0.152 e. The molecule has 1 aromatic carbocycles. The Morgan fingerprint density at radius 3 is 2.88 bits per heavy atom. The molecule has 0 fully saturated rings. The minimum atomic E-state index is 0.848. The van der Waals surface area contributed by atoms with E-state index in [0.29, 0.717) is 0 Å². The number of benzene rings is 1. The highest BCUT2D eigenvalue weighted by atomic mass is 16.5. The predicted molar refractivity (Wildman–Crippen MR) is 62.1 cm³/mol. The maximum absolute atomic E-state index is 5.34. The van der Waals surface area contributed by atoms with Gasteiger partial charge in [0.2, 0.25) is 0 Å². The lowest BCUT2D eigenvalue weighted by Crippen LogP contribution is -1.95. The highest BCUT2D eigenvalue weighted by molar-refractivity contribution is 5.77. The van der Waals surface area contributed by atoms with Crippen LogP contribution in [0, 0.1) is 0 Å². The fourth-order valence-electron chi connectivity index (χ4n) is 1.90. The lowest BCUT2D eigenvalue weighted by atomic mass is 10.3. The van der Waals surface area contributed by atoms with Crippen molar-refractivity contribution in [2.75, 3.05) is 7.11 Å². The first kappa shape index (κ1) is 9.09. The topological polar surface area (TPSA) is 27.3 Å². The van der Waals surface area contributed by atoms with Gasteiger partial charge in [-0.05, 0) is 18.2 Å². The molecule has 0 saturated carbocycles. The number of methoxy groups -OCH3 is 1. The summed E-state index contributed by atoms with van der Waals surface area (Å²) >= 11 is 0. The molecule has 2 heterocycles. The maximum atomic E-state index is 5.34. The van der Waals surface area contributed by atoms with Crippen LogP contribution < -0.4 is 4.74 Å². The fraction of sp³-hybridized carbons (Fsp3) is 0.0769. The summed E-state index contributed by atoms with van der Waals surface area (Å²) in [5.41, 5.74) is 2.94. The third-order valence-electron chi connectivity index (χ3n) is 2.65. The highest BCUT2D eigenvalue weighted by Gasteiger charge is 2.08. The van der Waals surface area contributed by atoms with Crippen molar-refractivity contribution in [3.05, 3.63) is 48.9 Å². The second-order valence-corrected chi connectivity index (χ2v) is 3.53. The van der Waals surface area contributed by atoms with Crippen molar-refractivity contribution in [2.24, 2.45) is 0 Å². The zero-order valence-corrected chi connectivity index (χ0v) is 8.88. The van der Waals surface area contributed by atoms with Gasteiger partial charge in [-0.1, -0.05) is 12.1 Å². The molecule has 2 aromatic heterocycles. The number of furan rings is 1. The summed E-state index contributed by atoms with van der Waals surface area (Å²) in [5.74, 6) is 0.848. The number of nitrogens with zero attached hydrogens (tertiary/aromatic N) is 1. The third kappa shape index (κ3) is 1.21. The van der Waals surface area contributed by atoms with Crippen LogP contribution in [-0.2, 0) is 0 Å². The molecule has 3 aromatic rings. The zero-order chi connectivity index (χ0) is 11.0. The van der Waals surface area contributed by atoms with Gasteiger partial charge in [-0.25, -0.2) is 0 Å². The monoisotopic (exact) mass is 213 g/mol. The molecular weight excluding hydrogens is 202 g/mol. The van der Waals surface area contributed by atoms with Gasteiger partial charge < -0.3 is 13.7 Å². The summed E-state index contributed by atoms with van der Waals surface area (Å²) in [4.78, 5) is 0. The van der Waals surface area contributed by atoms with E-state index in [0.717, 1.165) is 22.5 Å². The Kier molecular flexibility index (Phi) is 1.96. The number of ether oxygens (including phenoxy) is 1. The largest absolute Gasteiger partial charge is 0.495 e. The van der Waals surface area contributed by atoms with Crippen LogP contribution in [0.2, 0.25) is 0 Å². The van der Waals surface area contributed by atoms with Crippen molar-refractivity contribution in [2.45, 2.75) is 0 Å². The molecule has 16 heavy (non-hydrogen) atoms. The number of hydrogen-bond donors (Lipinski definition) is 0. The van der Waals surface area contributed by atoms with Crippen molar-refractivity contribution < 1.29 is 9.15 Å². The summed E-state index contributed by atoms with van der Waals surface area (Å²) in [6.45, 7) is 0. The third-order valence-corrected chi connectivity index (χ3v) is 2.65. The van der Waals surface area contributed by atoms with Crippen LogP contribution in [0.3, 0.4) is 0 Å². The first-order valence-corrected chi connectivity index (χ1v) is 5.08. The lowest BCUT2D eigenvalue weighted by molar-refractivity contribution is 0.413.